The number of aromatic nitrogens is 1. The Bertz CT molecular complexity index is 554. The summed E-state index contributed by atoms with van der Waals surface area (Å²) in [7, 11) is 1.64. The second kappa shape index (κ2) is 6.27. The minimum absolute atomic E-state index is 0.645. The highest BCUT2D eigenvalue weighted by atomic mass is 16.5. The average Bonchev–Trinajstić information content (AvgIpc) is 2.44. The van der Waals surface area contributed by atoms with E-state index < -0.39 is 0 Å². The lowest BCUT2D eigenvalue weighted by Crippen LogP contribution is -2.03. The number of ether oxygens (including phenoxy) is 1. The van der Waals surface area contributed by atoms with Crippen LogP contribution in [0.3, 0.4) is 0 Å². The molecule has 0 aliphatic rings. The monoisotopic (exact) mass is 259 g/mol. The van der Waals surface area contributed by atoms with E-state index in [1.165, 1.54) is 12.8 Å². The number of unbranched alkanes of at least 4 members (excludes halogenated alkanes) is 2. The van der Waals surface area contributed by atoms with Crippen LogP contribution in [0.1, 0.15) is 26.2 Å². The Morgan fingerprint density at radius 2 is 2.11 bits per heavy atom. The van der Waals surface area contributed by atoms with Gasteiger partial charge in [0.15, 0.2) is 0 Å². The smallest absolute Gasteiger partial charge is 0.126 e. The molecule has 4 nitrogen and oxygen atoms in total. The van der Waals surface area contributed by atoms with Crippen LogP contribution in [0.25, 0.3) is 10.9 Å². The highest BCUT2D eigenvalue weighted by molar-refractivity contribution is 5.91. The molecule has 0 unspecified atom stereocenters. The fourth-order valence-corrected chi connectivity index (χ4v) is 2.04. The van der Waals surface area contributed by atoms with E-state index in [0.717, 1.165) is 35.4 Å². The number of methoxy groups -OCH3 is 1. The van der Waals surface area contributed by atoms with Crippen molar-refractivity contribution in [3.63, 3.8) is 0 Å². The molecule has 3 N–H and O–H groups in total. The molecule has 0 aliphatic heterocycles. The normalized spacial score (nSPS) is 10.6. The molecule has 2 aromatic rings. The van der Waals surface area contributed by atoms with E-state index in [1.807, 2.05) is 18.2 Å². The first-order valence-electron chi connectivity index (χ1n) is 6.72. The van der Waals surface area contributed by atoms with E-state index in [0.29, 0.717) is 5.69 Å². The number of fused-ring (bicyclic) bond motifs is 1. The molecule has 0 spiro atoms. The molecule has 19 heavy (non-hydrogen) atoms. The van der Waals surface area contributed by atoms with Gasteiger partial charge in [-0.3, -0.25) is 0 Å². The van der Waals surface area contributed by atoms with Crippen LogP contribution in [-0.4, -0.2) is 18.6 Å². The molecule has 4 heteroatoms. The molecule has 1 aromatic carbocycles. The molecule has 0 saturated heterocycles. The first-order chi connectivity index (χ1) is 9.24. The van der Waals surface area contributed by atoms with Gasteiger partial charge >= 0.3 is 0 Å². The van der Waals surface area contributed by atoms with Gasteiger partial charge in [-0.1, -0.05) is 19.8 Å². The van der Waals surface area contributed by atoms with Crippen LogP contribution in [0.15, 0.2) is 24.3 Å². The average molecular weight is 259 g/mol. The number of nitrogens with one attached hydrogen (secondary N) is 1. The first-order valence-corrected chi connectivity index (χ1v) is 6.72. The topological polar surface area (TPSA) is 60.2 Å². The number of hydrogen-bond donors (Lipinski definition) is 2. The van der Waals surface area contributed by atoms with Crippen LogP contribution in [0.4, 0.5) is 11.5 Å². The molecule has 1 heterocycles. The third kappa shape index (κ3) is 3.28. The molecule has 0 atom stereocenters. The summed E-state index contributed by atoms with van der Waals surface area (Å²) < 4.78 is 5.20. The third-order valence-electron chi connectivity index (χ3n) is 3.12. The van der Waals surface area contributed by atoms with E-state index in [1.54, 1.807) is 13.2 Å². The summed E-state index contributed by atoms with van der Waals surface area (Å²) in [5.41, 5.74) is 7.47. The quantitative estimate of drug-likeness (QED) is 0.616. The standard InChI is InChI=1S/C15H21N3O/c1-3-4-5-8-17-14-7-6-11-9-12(19-2)10-13(16)15(11)18-14/h6-7,9-10H,3-5,8,16H2,1-2H3,(H,17,18). The second-order valence-corrected chi connectivity index (χ2v) is 4.62. The number of rotatable bonds is 6. The Hall–Kier alpha value is -1.97. The van der Waals surface area contributed by atoms with Gasteiger partial charge in [-0.05, 0) is 24.6 Å². The maximum absolute atomic E-state index is 6.01. The molecule has 2 rings (SSSR count). The van der Waals surface area contributed by atoms with Crippen LogP contribution in [0.2, 0.25) is 0 Å². The second-order valence-electron chi connectivity index (χ2n) is 4.62. The summed E-state index contributed by atoms with van der Waals surface area (Å²) in [5.74, 6) is 1.64. The fourth-order valence-electron chi connectivity index (χ4n) is 2.04. The van der Waals surface area contributed by atoms with Gasteiger partial charge in [0.05, 0.1) is 18.3 Å². The van der Waals surface area contributed by atoms with Crippen LogP contribution in [-0.2, 0) is 0 Å². The largest absolute Gasteiger partial charge is 0.497 e. The molecule has 102 valence electrons. The Morgan fingerprint density at radius 1 is 1.26 bits per heavy atom. The van der Waals surface area contributed by atoms with Crippen LogP contribution in [0, 0.1) is 0 Å². The molecule has 0 bridgehead atoms. The number of benzene rings is 1. The number of hydrogen-bond acceptors (Lipinski definition) is 4. The fraction of sp³-hybridized carbons (Fsp3) is 0.400. The van der Waals surface area contributed by atoms with Gasteiger partial charge in [-0.2, -0.15) is 0 Å². The van der Waals surface area contributed by atoms with Gasteiger partial charge in [0.1, 0.15) is 11.6 Å². The van der Waals surface area contributed by atoms with Crippen LogP contribution < -0.4 is 15.8 Å². The Balaban J connectivity index is 2.18. The van der Waals surface area contributed by atoms with Crippen LogP contribution >= 0.6 is 0 Å². The summed E-state index contributed by atoms with van der Waals surface area (Å²) in [4.78, 5) is 4.56. The van der Waals surface area contributed by atoms with Gasteiger partial charge in [0.2, 0.25) is 0 Å². The molecule has 0 amide bonds. The van der Waals surface area contributed by atoms with E-state index in [4.69, 9.17) is 10.5 Å². The summed E-state index contributed by atoms with van der Waals surface area (Å²) in [6, 6.07) is 7.74. The minimum Gasteiger partial charge on any atom is -0.497 e. The van der Waals surface area contributed by atoms with Crippen molar-refractivity contribution in [1.29, 1.82) is 0 Å². The van der Waals surface area contributed by atoms with Crippen molar-refractivity contribution < 1.29 is 4.74 Å². The van der Waals surface area contributed by atoms with Crippen molar-refractivity contribution in [1.82, 2.24) is 4.98 Å². The maximum Gasteiger partial charge on any atom is 0.126 e. The third-order valence-corrected chi connectivity index (χ3v) is 3.12. The lowest BCUT2D eigenvalue weighted by Gasteiger charge is -2.09. The zero-order valence-electron chi connectivity index (χ0n) is 11.6. The van der Waals surface area contributed by atoms with Crippen molar-refractivity contribution in [3.05, 3.63) is 24.3 Å². The molecular formula is C15H21N3O. The Morgan fingerprint density at radius 3 is 2.84 bits per heavy atom. The number of nitrogens with two attached hydrogens (primary N) is 1. The molecule has 0 aliphatic carbocycles. The molecule has 1 aromatic heterocycles. The molecule has 0 saturated carbocycles. The van der Waals surface area contributed by atoms with Gasteiger partial charge in [-0.15, -0.1) is 0 Å². The Labute approximate surface area is 114 Å². The predicted molar refractivity (Wildman–Crippen MR) is 80.7 cm³/mol. The van der Waals surface area contributed by atoms with Crippen molar-refractivity contribution in [2.75, 3.05) is 24.7 Å². The molecule has 0 fully saturated rings. The van der Waals surface area contributed by atoms with E-state index in [2.05, 4.69) is 17.2 Å². The van der Waals surface area contributed by atoms with E-state index in [9.17, 15) is 0 Å². The van der Waals surface area contributed by atoms with Crippen molar-refractivity contribution in [2.24, 2.45) is 0 Å². The van der Waals surface area contributed by atoms with Crippen molar-refractivity contribution in [3.8, 4) is 5.75 Å². The number of anilines is 2. The first kappa shape index (κ1) is 13.5. The number of nitrogens with zero attached hydrogens (tertiary/aromatic N) is 1. The van der Waals surface area contributed by atoms with E-state index >= 15 is 0 Å². The zero-order valence-corrected chi connectivity index (χ0v) is 11.6. The summed E-state index contributed by atoms with van der Waals surface area (Å²) in [6.07, 6.45) is 3.62. The lowest BCUT2D eigenvalue weighted by molar-refractivity contribution is 0.415. The van der Waals surface area contributed by atoms with Gasteiger partial charge < -0.3 is 15.8 Å². The van der Waals surface area contributed by atoms with E-state index in [-0.39, 0.29) is 0 Å². The summed E-state index contributed by atoms with van der Waals surface area (Å²) >= 11 is 0. The van der Waals surface area contributed by atoms with Gasteiger partial charge in [-0.25, -0.2) is 4.98 Å². The minimum atomic E-state index is 0.645. The highest BCUT2D eigenvalue weighted by Crippen LogP contribution is 2.26. The predicted octanol–water partition coefficient (Wildman–Crippen LogP) is 3.43. The van der Waals surface area contributed by atoms with Crippen LogP contribution in [0.5, 0.6) is 5.75 Å². The van der Waals surface area contributed by atoms with Gasteiger partial charge in [0.25, 0.3) is 0 Å². The Kier molecular flexibility index (Phi) is 4.44. The molecule has 0 radical (unpaired) electrons. The number of pyridine rings is 1. The van der Waals surface area contributed by atoms with Gasteiger partial charge in [0, 0.05) is 18.0 Å². The SMILES string of the molecule is CCCCCNc1ccc2cc(OC)cc(N)c2n1. The zero-order chi connectivity index (χ0) is 13.7. The summed E-state index contributed by atoms with van der Waals surface area (Å²) in [6.45, 7) is 3.14. The van der Waals surface area contributed by atoms with Crippen molar-refractivity contribution in [2.45, 2.75) is 26.2 Å². The maximum atomic E-state index is 6.01. The number of nitrogen functional groups attached to an aromatic ring is 1. The molecular weight excluding hydrogens is 238 g/mol. The highest BCUT2D eigenvalue weighted by Gasteiger charge is 2.04. The lowest BCUT2D eigenvalue weighted by atomic mass is 10.2. The van der Waals surface area contributed by atoms with Crippen molar-refractivity contribution >= 4 is 22.4 Å². The summed E-state index contributed by atoms with van der Waals surface area (Å²) in [5, 5.41) is 4.33.